The number of phenols is 1. The number of benzene rings is 1. The third-order valence-corrected chi connectivity index (χ3v) is 7.49. The molecule has 0 heterocycles. The number of esters is 1. The summed E-state index contributed by atoms with van der Waals surface area (Å²) < 4.78 is 5.50. The van der Waals surface area contributed by atoms with Crippen LogP contribution in [0.25, 0.3) is 0 Å². The fraction of sp³-hybridized carbons (Fsp3) is 0.781. The maximum atomic E-state index is 12.0. The standard InChI is InChI=1S/C32H56O3/c1-4-7-9-16-22-29(30-24-19-20-25-31(30)33)23-17-14-12-10-11-13-15-18-26-32(34)35-27-28(6-3)21-8-5-2/h19-20,24-25,28-29,33H,4-18,21-23,26-27H2,1-3H3. The first-order valence-electron chi connectivity index (χ1n) is 15.1. The molecule has 1 rings (SSSR count). The van der Waals surface area contributed by atoms with E-state index >= 15 is 0 Å². The minimum atomic E-state index is -0.00588. The van der Waals surface area contributed by atoms with Gasteiger partial charge >= 0.3 is 5.97 Å². The number of hydrogen-bond donors (Lipinski definition) is 1. The number of carbonyl (C=O) groups excluding carboxylic acids is 1. The van der Waals surface area contributed by atoms with Crippen molar-refractivity contribution in [1.29, 1.82) is 0 Å². The summed E-state index contributed by atoms with van der Waals surface area (Å²) in [7, 11) is 0. The molecule has 0 saturated carbocycles. The zero-order valence-corrected chi connectivity index (χ0v) is 23.4. The van der Waals surface area contributed by atoms with E-state index in [9.17, 15) is 9.90 Å². The summed E-state index contributed by atoms with van der Waals surface area (Å²) in [6.07, 6.45) is 22.5. The largest absolute Gasteiger partial charge is 0.508 e. The first-order valence-corrected chi connectivity index (χ1v) is 15.1. The van der Waals surface area contributed by atoms with Gasteiger partial charge in [0.1, 0.15) is 5.75 Å². The minimum Gasteiger partial charge on any atom is -0.508 e. The second-order valence-electron chi connectivity index (χ2n) is 10.6. The quantitative estimate of drug-likeness (QED) is 0.123. The maximum absolute atomic E-state index is 12.0. The average molecular weight is 489 g/mol. The molecule has 35 heavy (non-hydrogen) atoms. The van der Waals surface area contributed by atoms with Gasteiger partial charge in [-0.15, -0.1) is 0 Å². The van der Waals surface area contributed by atoms with Crippen LogP contribution >= 0.6 is 0 Å². The molecule has 0 aliphatic heterocycles. The first kappa shape index (κ1) is 31.5. The topological polar surface area (TPSA) is 46.5 Å². The van der Waals surface area contributed by atoms with Gasteiger partial charge in [-0.25, -0.2) is 0 Å². The molecule has 0 fully saturated rings. The van der Waals surface area contributed by atoms with Crippen molar-refractivity contribution in [2.45, 2.75) is 149 Å². The Balaban J connectivity index is 2.09. The molecule has 0 bridgehead atoms. The molecule has 1 N–H and O–H groups in total. The Morgan fingerprint density at radius 3 is 1.91 bits per heavy atom. The summed E-state index contributed by atoms with van der Waals surface area (Å²) in [5, 5.41) is 10.3. The highest BCUT2D eigenvalue weighted by Crippen LogP contribution is 2.33. The van der Waals surface area contributed by atoms with Gasteiger partial charge in [0.15, 0.2) is 0 Å². The van der Waals surface area contributed by atoms with Gasteiger partial charge in [-0.3, -0.25) is 4.79 Å². The van der Waals surface area contributed by atoms with Gasteiger partial charge in [-0.1, -0.05) is 129 Å². The molecule has 3 nitrogen and oxygen atoms in total. The molecule has 0 spiro atoms. The lowest BCUT2D eigenvalue weighted by molar-refractivity contribution is -0.145. The summed E-state index contributed by atoms with van der Waals surface area (Å²) >= 11 is 0. The van der Waals surface area contributed by atoms with Crippen molar-refractivity contribution >= 4 is 5.97 Å². The van der Waals surface area contributed by atoms with Crippen molar-refractivity contribution in [2.75, 3.05) is 6.61 Å². The summed E-state index contributed by atoms with van der Waals surface area (Å²) in [6.45, 7) is 7.27. The van der Waals surface area contributed by atoms with Crippen LogP contribution in [-0.2, 0) is 9.53 Å². The number of hydrogen-bond acceptors (Lipinski definition) is 3. The highest BCUT2D eigenvalue weighted by atomic mass is 16.5. The van der Waals surface area contributed by atoms with Crippen LogP contribution in [0.2, 0.25) is 0 Å². The molecule has 1 aromatic carbocycles. The Labute approximate surface area is 217 Å². The molecule has 0 aromatic heterocycles. The van der Waals surface area contributed by atoms with E-state index in [0.29, 0.717) is 30.6 Å². The predicted molar refractivity (Wildman–Crippen MR) is 150 cm³/mol. The highest BCUT2D eigenvalue weighted by molar-refractivity contribution is 5.69. The van der Waals surface area contributed by atoms with E-state index in [0.717, 1.165) is 24.8 Å². The van der Waals surface area contributed by atoms with Crippen molar-refractivity contribution in [3.05, 3.63) is 29.8 Å². The van der Waals surface area contributed by atoms with Crippen molar-refractivity contribution in [3.8, 4) is 5.75 Å². The highest BCUT2D eigenvalue weighted by Gasteiger charge is 2.14. The molecule has 2 atom stereocenters. The van der Waals surface area contributed by atoms with Gasteiger partial charge in [0.05, 0.1) is 6.61 Å². The van der Waals surface area contributed by atoms with Crippen LogP contribution in [0.15, 0.2) is 24.3 Å². The molecular weight excluding hydrogens is 432 g/mol. The van der Waals surface area contributed by atoms with Crippen LogP contribution in [0.1, 0.15) is 154 Å². The van der Waals surface area contributed by atoms with Gasteiger partial charge in [-0.2, -0.15) is 0 Å². The van der Waals surface area contributed by atoms with E-state index in [1.54, 1.807) is 0 Å². The Bertz CT molecular complexity index is 627. The Morgan fingerprint density at radius 2 is 1.31 bits per heavy atom. The average Bonchev–Trinajstić information content (AvgIpc) is 2.87. The molecule has 0 aliphatic carbocycles. The Morgan fingerprint density at radius 1 is 0.743 bits per heavy atom. The summed E-state index contributed by atoms with van der Waals surface area (Å²) in [6, 6.07) is 7.93. The molecule has 1 aromatic rings. The van der Waals surface area contributed by atoms with Crippen LogP contribution in [0.3, 0.4) is 0 Å². The SMILES string of the molecule is CCCCCCC(CCCCCCCCCCC(=O)OCC(CC)CCCC)c1ccccc1O. The van der Waals surface area contributed by atoms with E-state index in [-0.39, 0.29) is 5.97 Å². The van der Waals surface area contributed by atoms with Crippen LogP contribution in [0, 0.1) is 5.92 Å². The zero-order chi connectivity index (χ0) is 25.6. The third-order valence-electron chi connectivity index (χ3n) is 7.49. The van der Waals surface area contributed by atoms with Crippen molar-refractivity contribution in [1.82, 2.24) is 0 Å². The minimum absolute atomic E-state index is 0.00588. The smallest absolute Gasteiger partial charge is 0.305 e. The zero-order valence-electron chi connectivity index (χ0n) is 23.4. The lowest BCUT2D eigenvalue weighted by Crippen LogP contribution is -2.13. The first-order chi connectivity index (χ1) is 17.1. The summed E-state index contributed by atoms with van der Waals surface area (Å²) in [4.78, 5) is 12.0. The van der Waals surface area contributed by atoms with Gasteiger partial charge < -0.3 is 9.84 Å². The number of aromatic hydroxyl groups is 1. The predicted octanol–water partition coefficient (Wildman–Crippen LogP) is 10.1. The molecule has 2 unspecified atom stereocenters. The number of phenolic OH excluding ortho intramolecular Hbond substituents is 1. The van der Waals surface area contributed by atoms with Gasteiger partial charge in [0, 0.05) is 6.42 Å². The van der Waals surface area contributed by atoms with E-state index < -0.39 is 0 Å². The molecule has 3 heteroatoms. The van der Waals surface area contributed by atoms with Gasteiger partial charge in [0.2, 0.25) is 0 Å². The molecule has 202 valence electrons. The molecule has 0 radical (unpaired) electrons. The van der Waals surface area contributed by atoms with Crippen molar-refractivity contribution in [2.24, 2.45) is 5.92 Å². The van der Waals surface area contributed by atoms with Gasteiger partial charge in [-0.05, 0) is 49.1 Å². The Hall–Kier alpha value is -1.51. The molecular formula is C32H56O3. The number of rotatable bonds is 23. The second-order valence-corrected chi connectivity index (χ2v) is 10.6. The summed E-state index contributed by atoms with van der Waals surface area (Å²) in [5.41, 5.74) is 1.15. The van der Waals surface area contributed by atoms with E-state index in [2.05, 4.69) is 32.9 Å². The molecule has 0 saturated heterocycles. The monoisotopic (exact) mass is 488 g/mol. The fourth-order valence-corrected chi connectivity index (χ4v) is 5.01. The van der Waals surface area contributed by atoms with E-state index in [1.807, 2.05) is 12.1 Å². The van der Waals surface area contributed by atoms with E-state index in [1.165, 1.54) is 96.3 Å². The second kappa shape index (κ2) is 21.7. The lowest BCUT2D eigenvalue weighted by atomic mass is 9.87. The number of para-hydroxylation sites is 1. The van der Waals surface area contributed by atoms with E-state index in [4.69, 9.17) is 4.74 Å². The normalized spacial score (nSPS) is 13.0. The maximum Gasteiger partial charge on any atom is 0.305 e. The fourth-order valence-electron chi connectivity index (χ4n) is 5.01. The van der Waals surface area contributed by atoms with Gasteiger partial charge in [0.25, 0.3) is 0 Å². The number of ether oxygens (including phenoxy) is 1. The third kappa shape index (κ3) is 16.0. The molecule has 0 aliphatic rings. The Kier molecular flexibility index (Phi) is 19.6. The van der Waals surface area contributed by atoms with Crippen molar-refractivity contribution < 1.29 is 14.6 Å². The van der Waals surface area contributed by atoms with Crippen molar-refractivity contribution in [3.63, 3.8) is 0 Å². The summed E-state index contributed by atoms with van der Waals surface area (Å²) in [5.74, 6) is 1.49. The number of carbonyl (C=O) groups is 1. The van der Waals surface area contributed by atoms with Crippen LogP contribution in [-0.4, -0.2) is 17.7 Å². The van der Waals surface area contributed by atoms with Crippen LogP contribution in [0.5, 0.6) is 5.75 Å². The van der Waals surface area contributed by atoms with Crippen LogP contribution in [0.4, 0.5) is 0 Å². The number of unbranched alkanes of at least 4 members (excludes halogenated alkanes) is 11. The molecule has 0 amide bonds. The lowest BCUT2D eigenvalue weighted by Gasteiger charge is -2.18. The van der Waals surface area contributed by atoms with Crippen LogP contribution < -0.4 is 0 Å².